The second-order valence-electron chi connectivity index (χ2n) is 13.3. The van der Waals surface area contributed by atoms with E-state index in [0.717, 1.165) is 33.2 Å². The number of furan rings is 1. The molecule has 0 bridgehead atoms. The number of hydrogen-bond donors (Lipinski definition) is 0. The quantitative estimate of drug-likeness (QED) is 0.164. The zero-order chi connectivity index (χ0) is 33.7. The van der Waals surface area contributed by atoms with Gasteiger partial charge >= 0.3 is 0 Å². The summed E-state index contributed by atoms with van der Waals surface area (Å²) in [4.78, 5) is 0. The lowest BCUT2D eigenvalue weighted by atomic mass is 9.84. The molecule has 2 heterocycles. The highest BCUT2D eigenvalue weighted by molar-refractivity contribution is 6.15. The first-order chi connectivity index (χ1) is 25.3. The van der Waals surface area contributed by atoms with Crippen LogP contribution in [0.1, 0.15) is 22.6 Å². The van der Waals surface area contributed by atoms with Crippen molar-refractivity contribution in [3.05, 3.63) is 211 Å². The summed E-state index contributed by atoms with van der Waals surface area (Å²) in [5, 5.41) is 4.77. The van der Waals surface area contributed by atoms with Gasteiger partial charge in [0, 0.05) is 33.2 Å². The fourth-order valence-corrected chi connectivity index (χ4v) is 7.98. The first kappa shape index (κ1) is 29.3. The molecule has 240 valence electrons. The maximum atomic E-state index is 6.55. The lowest BCUT2D eigenvalue weighted by molar-refractivity contribution is 0.669. The topological polar surface area (TPSA) is 18.1 Å². The van der Waals surface area contributed by atoms with Crippen LogP contribution >= 0.6 is 0 Å². The van der Waals surface area contributed by atoms with Gasteiger partial charge in [-0.15, -0.1) is 0 Å². The molecule has 1 atom stereocenters. The average molecular weight is 652 g/mol. The second-order valence-corrected chi connectivity index (χ2v) is 13.3. The fourth-order valence-electron chi connectivity index (χ4n) is 7.98. The highest BCUT2D eigenvalue weighted by atomic mass is 16.3. The van der Waals surface area contributed by atoms with Gasteiger partial charge in [0.25, 0.3) is 0 Å². The number of benzene rings is 8. The summed E-state index contributed by atoms with van der Waals surface area (Å²) in [5.41, 5.74) is 13.9. The Kier molecular flexibility index (Phi) is 6.92. The largest absolute Gasteiger partial charge is 0.456 e. The van der Waals surface area contributed by atoms with Crippen molar-refractivity contribution in [2.45, 2.75) is 5.92 Å². The van der Waals surface area contributed by atoms with Crippen molar-refractivity contribution in [2.75, 3.05) is 0 Å². The lowest BCUT2D eigenvalue weighted by Crippen LogP contribution is -2.03. The molecule has 0 aliphatic carbocycles. The molecule has 2 heteroatoms. The number of nitrogens with zero attached hydrogens (tertiary/aromatic N) is 1. The molecule has 1 unspecified atom stereocenters. The van der Waals surface area contributed by atoms with Crippen LogP contribution in [0.5, 0.6) is 0 Å². The van der Waals surface area contributed by atoms with Crippen LogP contribution in [-0.4, -0.2) is 4.57 Å². The minimum absolute atomic E-state index is 0.0652. The van der Waals surface area contributed by atoms with Crippen molar-refractivity contribution in [1.82, 2.24) is 4.57 Å². The van der Waals surface area contributed by atoms with Gasteiger partial charge in [0.05, 0.1) is 11.0 Å². The lowest BCUT2D eigenvalue weighted by Gasteiger charge is -2.19. The van der Waals surface area contributed by atoms with Crippen molar-refractivity contribution in [2.24, 2.45) is 0 Å². The molecule has 0 radical (unpaired) electrons. The zero-order valence-corrected chi connectivity index (χ0v) is 27.9. The van der Waals surface area contributed by atoms with Gasteiger partial charge in [-0.25, -0.2) is 0 Å². The molecule has 0 spiro atoms. The number of fused-ring (bicyclic) bond motifs is 6. The summed E-state index contributed by atoms with van der Waals surface area (Å²) < 4.78 is 8.93. The van der Waals surface area contributed by atoms with E-state index in [1.54, 1.807) is 0 Å². The Hall–Kier alpha value is -6.64. The van der Waals surface area contributed by atoms with Crippen molar-refractivity contribution in [3.8, 4) is 27.9 Å². The van der Waals surface area contributed by atoms with E-state index < -0.39 is 0 Å². The monoisotopic (exact) mass is 651 g/mol. The summed E-state index contributed by atoms with van der Waals surface area (Å²) in [6.45, 7) is 0. The fraction of sp³-hybridized carbons (Fsp3) is 0.0204. The Morgan fingerprint density at radius 1 is 0.373 bits per heavy atom. The van der Waals surface area contributed by atoms with E-state index in [-0.39, 0.29) is 5.92 Å². The maximum absolute atomic E-state index is 6.55. The predicted molar refractivity (Wildman–Crippen MR) is 213 cm³/mol. The predicted octanol–water partition coefficient (Wildman–Crippen LogP) is 13.2. The Balaban J connectivity index is 1.15. The van der Waals surface area contributed by atoms with Crippen LogP contribution in [0.25, 0.3) is 71.7 Å². The molecule has 0 aliphatic rings. The SMILES string of the molecule is c1ccc(-c2ccc(C(c3ccccc3)c3ccc4oc5cccc(-c6ccc7c8ccccc8n(-c8ccccc8)c7c6)c5c4c3)cc2)cc1. The number of rotatable bonds is 6. The van der Waals surface area contributed by atoms with Crippen molar-refractivity contribution in [3.63, 3.8) is 0 Å². The van der Waals surface area contributed by atoms with Gasteiger partial charge in [0.15, 0.2) is 0 Å². The summed E-state index contributed by atoms with van der Waals surface area (Å²) in [6.07, 6.45) is 0. The molecule has 0 aliphatic heterocycles. The molecular formula is C49H33NO. The van der Waals surface area contributed by atoms with Gasteiger partial charge in [0.1, 0.15) is 11.2 Å². The standard InChI is InChI=1S/C49H33NO/c1-4-13-33(14-5-1)34-23-25-36(26-24-34)48(35-15-6-2-7-16-35)38-28-30-46-43(31-38)49-40(20-12-22-47(49)51-46)37-27-29-42-41-19-10-11-21-44(41)50(45(42)32-37)39-17-8-3-9-18-39/h1-32,48H. The molecule has 0 saturated carbocycles. The van der Waals surface area contributed by atoms with Crippen LogP contribution in [0.2, 0.25) is 0 Å². The minimum atomic E-state index is 0.0652. The Morgan fingerprint density at radius 3 is 1.80 bits per heavy atom. The molecular weight excluding hydrogens is 619 g/mol. The summed E-state index contributed by atoms with van der Waals surface area (Å²) in [5.74, 6) is 0.0652. The van der Waals surface area contributed by atoms with E-state index >= 15 is 0 Å². The van der Waals surface area contributed by atoms with Crippen LogP contribution in [0.3, 0.4) is 0 Å². The van der Waals surface area contributed by atoms with Crippen LogP contribution in [0.15, 0.2) is 199 Å². The first-order valence-electron chi connectivity index (χ1n) is 17.5. The van der Waals surface area contributed by atoms with E-state index in [1.165, 1.54) is 55.2 Å². The molecule has 2 aromatic heterocycles. The third-order valence-electron chi connectivity index (χ3n) is 10.3. The molecule has 0 amide bonds. The number of hydrogen-bond acceptors (Lipinski definition) is 1. The van der Waals surface area contributed by atoms with Gasteiger partial charge in [-0.1, -0.05) is 152 Å². The Labute approximate surface area is 296 Å². The molecule has 10 aromatic rings. The average Bonchev–Trinajstić information content (AvgIpc) is 3.75. The number of aromatic nitrogens is 1. The third kappa shape index (κ3) is 4.95. The highest BCUT2D eigenvalue weighted by Gasteiger charge is 2.21. The van der Waals surface area contributed by atoms with Crippen LogP contribution < -0.4 is 0 Å². The smallest absolute Gasteiger partial charge is 0.136 e. The van der Waals surface area contributed by atoms with E-state index in [9.17, 15) is 0 Å². The molecule has 51 heavy (non-hydrogen) atoms. The minimum Gasteiger partial charge on any atom is -0.456 e. The van der Waals surface area contributed by atoms with Gasteiger partial charge in [0.2, 0.25) is 0 Å². The van der Waals surface area contributed by atoms with Crippen LogP contribution in [0, 0.1) is 0 Å². The van der Waals surface area contributed by atoms with E-state index in [1.807, 2.05) is 0 Å². The molecule has 0 saturated heterocycles. The molecule has 0 N–H and O–H groups in total. The van der Waals surface area contributed by atoms with Crippen LogP contribution in [0.4, 0.5) is 0 Å². The molecule has 10 rings (SSSR count). The van der Waals surface area contributed by atoms with Gasteiger partial charge in [-0.2, -0.15) is 0 Å². The Bertz CT molecular complexity index is 2830. The summed E-state index contributed by atoms with van der Waals surface area (Å²) in [7, 11) is 0. The molecule has 0 fully saturated rings. The maximum Gasteiger partial charge on any atom is 0.136 e. The van der Waals surface area contributed by atoms with Gasteiger partial charge < -0.3 is 8.98 Å². The summed E-state index contributed by atoms with van der Waals surface area (Å²) >= 11 is 0. The summed E-state index contributed by atoms with van der Waals surface area (Å²) in [6, 6.07) is 69.9. The van der Waals surface area contributed by atoms with Crippen molar-refractivity contribution >= 4 is 43.7 Å². The van der Waals surface area contributed by atoms with Crippen molar-refractivity contribution < 1.29 is 4.42 Å². The van der Waals surface area contributed by atoms with E-state index in [0.29, 0.717) is 0 Å². The van der Waals surface area contributed by atoms with Gasteiger partial charge in [-0.3, -0.25) is 0 Å². The highest BCUT2D eigenvalue weighted by Crippen LogP contribution is 2.42. The normalized spacial score (nSPS) is 12.2. The van der Waals surface area contributed by atoms with Crippen LogP contribution in [-0.2, 0) is 0 Å². The van der Waals surface area contributed by atoms with E-state index in [4.69, 9.17) is 4.42 Å². The zero-order valence-electron chi connectivity index (χ0n) is 27.9. The molecule has 8 aromatic carbocycles. The third-order valence-corrected chi connectivity index (χ3v) is 10.3. The van der Waals surface area contributed by atoms with Gasteiger partial charge in [-0.05, 0) is 81.4 Å². The number of para-hydroxylation sites is 2. The molecule has 2 nitrogen and oxygen atoms in total. The Morgan fingerprint density at radius 2 is 1.00 bits per heavy atom. The van der Waals surface area contributed by atoms with Crippen molar-refractivity contribution in [1.29, 1.82) is 0 Å². The first-order valence-corrected chi connectivity index (χ1v) is 17.5. The second kappa shape index (κ2) is 12.0. The van der Waals surface area contributed by atoms with E-state index in [2.05, 4.69) is 199 Å².